The Balaban J connectivity index is 1.83. The maximum atomic E-state index is 12.6. The minimum absolute atomic E-state index is 0.0847. The van der Waals surface area contributed by atoms with E-state index in [0.29, 0.717) is 5.69 Å². The second kappa shape index (κ2) is 8.78. The van der Waals surface area contributed by atoms with Crippen molar-refractivity contribution in [3.63, 3.8) is 0 Å². The summed E-state index contributed by atoms with van der Waals surface area (Å²) in [6.45, 7) is -0.202. The van der Waals surface area contributed by atoms with Gasteiger partial charge < -0.3 is 19.7 Å². The molecule has 29 heavy (non-hydrogen) atoms. The molecule has 1 N–H and O–H groups in total. The number of rotatable bonds is 5. The summed E-state index contributed by atoms with van der Waals surface area (Å²) in [4.78, 5) is 51.0. The van der Waals surface area contributed by atoms with Gasteiger partial charge >= 0.3 is 11.9 Å². The highest BCUT2D eigenvalue weighted by Gasteiger charge is 2.26. The van der Waals surface area contributed by atoms with Crippen molar-refractivity contribution in [3.05, 3.63) is 53.6 Å². The number of nitrogens with one attached hydrogen (secondary N) is 1. The smallest absolute Gasteiger partial charge is 0.337 e. The van der Waals surface area contributed by atoms with Crippen LogP contribution in [0.3, 0.4) is 0 Å². The van der Waals surface area contributed by atoms with Gasteiger partial charge in [0.25, 0.3) is 0 Å². The summed E-state index contributed by atoms with van der Waals surface area (Å²) in [6, 6.07) is 11.4. The van der Waals surface area contributed by atoms with Gasteiger partial charge in [-0.25, -0.2) is 9.59 Å². The normalized spacial score (nSPS) is 12.8. The number of methoxy groups -OCH3 is 2. The van der Waals surface area contributed by atoms with Crippen LogP contribution in [0.15, 0.2) is 47.4 Å². The molecule has 0 saturated carbocycles. The lowest BCUT2D eigenvalue weighted by atomic mass is 10.1. The molecule has 1 aliphatic rings. The first-order valence-electron chi connectivity index (χ1n) is 8.56. The third-order valence-corrected chi connectivity index (χ3v) is 5.22. The molecule has 0 unspecified atom stereocenters. The van der Waals surface area contributed by atoms with Crippen LogP contribution >= 0.6 is 11.8 Å². The number of hydrogen-bond acceptors (Lipinski definition) is 7. The Morgan fingerprint density at radius 2 is 1.66 bits per heavy atom. The fourth-order valence-corrected chi connectivity index (χ4v) is 3.78. The van der Waals surface area contributed by atoms with E-state index < -0.39 is 17.8 Å². The number of esters is 2. The molecule has 8 nitrogen and oxygen atoms in total. The van der Waals surface area contributed by atoms with E-state index in [-0.39, 0.29) is 35.0 Å². The zero-order valence-corrected chi connectivity index (χ0v) is 16.6. The SMILES string of the molecule is COC(=O)c1cc(NC(=O)CN2C(=O)CSc3ccccc32)cc(C(=O)OC)c1. The van der Waals surface area contributed by atoms with Crippen LogP contribution in [0.5, 0.6) is 0 Å². The quantitative estimate of drug-likeness (QED) is 0.749. The van der Waals surface area contributed by atoms with Crippen molar-refractivity contribution < 1.29 is 28.7 Å². The first-order valence-corrected chi connectivity index (χ1v) is 9.55. The van der Waals surface area contributed by atoms with E-state index >= 15 is 0 Å². The molecule has 0 aliphatic carbocycles. The van der Waals surface area contributed by atoms with E-state index in [0.717, 1.165) is 4.90 Å². The number of thioether (sulfide) groups is 1. The van der Waals surface area contributed by atoms with Crippen LogP contribution in [-0.2, 0) is 19.1 Å². The van der Waals surface area contributed by atoms with Gasteiger partial charge in [-0.15, -0.1) is 11.8 Å². The van der Waals surface area contributed by atoms with Crippen molar-refractivity contribution in [3.8, 4) is 0 Å². The summed E-state index contributed by atoms with van der Waals surface area (Å²) in [5, 5.41) is 2.62. The molecule has 2 amide bonds. The minimum atomic E-state index is -0.664. The van der Waals surface area contributed by atoms with Crippen molar-refractivity contribution in [1.29, 1.82) is 0 Å². The zero-order chi connectivity index (χ0) is 21.0. The summed E-state index contributed by atoms with van der Waals surface area (Å²) < 4.78 is 9.36. The average Bonchev–Trinajstić information content (AvgIpc) is 2.74. The van der Waals surface area contributed by atoms with Gasteiger partial charge in [0.05, 0.1) is 36.8 Å². The molecule has 2 aromatic carbocycles. The molecule has 0 aromatic heterocycles. The number of carbonyl (C=O) groups excluding carboxylic acids is 4. The largest absolute Gasteiger partial charge is 0.465 e. The number of hydrogen-bond donors (Lipinski definition) is 1. The van der Waals surface area contributed by atoms with Crippen LogP contribution in [0.4, 0.5) is 11.4 Å². The van der Waals surface area contributed by atoms with Crippen LogP contribution < -0.4 is 10.2 Å². The summed E-state index contributed by atoms with van der Waals surface area (Å²) in [5.74, 6) is -1.73. The van der Waals surface area contributed by atoms with E-state index in [1.807, 2.05) is 12.1 Å². The van der Waals surface area contributed by atoms with Crippen LogP contribution in [0.2, 0.25) is 0 Å². The van der Waals surface area contributed by atoms with Crippen LogP contribution in [0.25, 0.3) is 0 Å². The molecule has 1 aliphatic heterocycles. The maximum Gasteiger partial charge on any atom is 0.337 e. The number of benzene rings is 2. The Hall–Kier alpha value is -3.33. The van der Waals surface area contributed by atoms with Gasteiger partial charge in [-0.05, 0) is 30.3 Å². The lowest BCUT2D eigenvalue weighted by Crippen LogP contribution is -2.41. The average molecular weight is 414 g/mol. The molecule has 0 saturated heterocycles. The summed E-state index contributed by atoms with van der Waals surface area (Å²) in [7, 11) is 2.42. The molecule has 0 radical (unpaired) electrons. The molecule has 0 bridgehead atoms. The monoisotopic (exact) mass is 414 g/mol. The van der Waals surface area contributed by atoms with Gasteiger partial charge in [-0.3, -0.25) is 9.59 Å². The Morgan fingerprint density at radius 1 is 1.03 bits per heavy atom. The zero-order valence-electron chi connectivity index (χ0n) is 15.8. The van der Waals surface area contributed by atoms with Gasteiger partial charge in [-0.2, -0.15) is 0 Å². The highest BCUT2D eigenvalue weighted by molar-refractivity contribution is 8.00. The van der Waals surface area contributed by atoms with Gasteiger partial charge in [0.1, 0.15) is 6.54 Å². The Labute approximate surface area is 171 Å². The predicted molar refractivity (Wildman–Crippen MR) is 107 cm³/mol. The van der Waals surface area contributed by atoms with Gasteiger partial charge in [0.15, 0.2) is 0 Å². The summed E-state index contributed by atoms with van der Waals surface area (Å²) >= 11 is 1.42. The molecular formula is C20H18N2O6S. The van der Waals surface area contributed by atoms with Gasteiger partial charge in [0, 0.05) is 10.6 Å². The van der Waals surface area contributed by atoms with Gasteiger partial charge in [0.2, 0.25) is 11.8 Å². The van der Waals surface area contributed by atoms with Crippen molar-refractivity contribution in [2.45, 2.75) is 4.90 Å². The highest BCUT2D eigenvalue weighted by Crippen LogP contribution is 2.34. The first kappa shape index (κ1) is 20.4. The predicted octanol–water partition coefficient (Wildman–Crippen LogP) is 2.34. The highest BCUT2D eigenvalue weighted by atomic mass is 32.2. The molecular weight excluding hydrogens is 396 g/mol. The molecule has 3 rings (SSSR count). The number of carbonyl (C=O) groups is 4. The van der Waals surface area contributed by atoms with E-state index in [1.54, 1.807) is 12.1 Å². The standard InChI is InChI=1S/C20H18N2O6S/c1-27-19(25)12-7-13(20(26)28-2)9-14(8-12)21-17(23)10-22-15-5-3-4-6-16(15)29-11-18(22)24/h3-9H,10-11H2,1-2H3,(H,21,23). The van der Waals surface area contributed by atoms with Crippen LogP contribution in [0, 0.1) is 0 Å². The molecule has 0 spiro atoms. The summed E-state index contributed by atoms with van der Waals surface area (Å²) in [6.07, 6.45) is 0. The number of anilines is 2. The molecule has 9 heteroatoms. The fraction of sp³-hybridized carbons (Fsp3) is 0.200. The van der Waals surface area contributed by atoms with E-state index in [1.165, 1.54) is 49.1 Å². The Kier molecular flexibility index (Phi) is 6.18. The van der Waals surface area contributed by atoms with Crippen molar-refractivity contribution >= 4 is 46.9 Å². The number of fused-ring (bicyclic) bond motifs is 1. The number of amides is 2. The maximum absolute atomic E-state index is 12.6. The fourth-order valence-electron chi connectivity index (χ4n) is 2.84. The van der Waals surface area contributed by atoms with Gasteiger partial charge in [-0.1, -0.05) is 12.1 Å². The number of nitrogens with zero attached hydrogens (tertiary/aromatic N) is 1. The summed E-state index contributed by atoms with van der Waals surface area (Å²) in [5.41, 5.74) is 1.05. The lowest BCUT2D eigenvalue weighted by molar-refractivity contribution is -0.120. The van der Waals surface area contributed by atoms with E-state index in [9.17, 15) is 19.2 Å². The lowest BCUT2D eigenvalue weighted by Gasteiger charge is -2.28. The number of ether oxygens (including phenoxy) is 2. The third-order valence-electron chi connectivity index (χ3n) is 4.17. The topological polar surface area (TPSA) is 102 Å². The van der Waals surface area contributed by atoms with Crippen molar-refractivity contribution in [1.82, 2.24) is 0 Å². The van der Waals surface area contributed by atoms with Crippen molar-refractivity contribution in [2.75, 3.05) is 36.7 Å². The van der Waals surface area contributed by atoms with Crippen LogP contribution in [0.1, 0.15) is 20.7 Å². The third kappa shape index (κ3) is 4.57. The molecule has 150 valence electrons. The number of para-hydroxylation sites is 1. The molecule has 2 aromatic rings. The molecule has 0 atom stereocenters. The first-order chi connectivity index (χ1) is 13.9. The molecule has 1 heterocycles. The second-order valence-corrected chi connectivity index (χ2v) is 7.08. The Bertz CT molecular complexity index is 956. The minimum Gasteiger partial charge on any atom is -0.465 e. The van der Waals surface area contributed by atoms with E-state index in [4.69, 9.17) is 0 Å². The molecule has 0 fully saturated rings. The second-order valence-electron chi connectivity index (χ2n) is 6.07. The van der Waals surface area contributed by atoms with Crippen LogP contribution in [-0.4, -0.2) is 50.3 Å². The van der Waals surface area contributed by atoms with E-state index in [2.05, 4.69) is 14.8 Å². The van der Waals surface area contributed by atoms with Crippen molar-refractivity contribution in [2.24, 2.45) is 0 Å². The Morgan fingerprint density at radius 3 is 2.28 bits per heavy atom.